The number of nitrogens with two attached hydrogens (primary N) is 1. The van der Waals surface area contributed by atoms with Gasteiger partial charge in [-0.3, -0.25) is 0 Å². The van der Waals surface area contributed by atoms with Gasteiger partial charge < -0.3 is 5.73 Å². The van der Waals surface area contributed by atoms with E-state index in [9.17, 15) is 0 Å². The first-order chi connectivity index (χ1) is 7.37. The summed E-state index contributed by atoms with van der Waals surface area (Å²) in [4.78, 5) is 4.65. The van der Waals surface area contributed by atoms with Gasteiger partial charge in [0.2, 0.25) is 0 Å². The van der Waals surface area contributed by atoms with E-state index in [0.717, 1.165) is 25.7 Å². The lowest BCUT2D eigenvalue weighted by Gasteiger charge is -2.17. The van der Waals surface area contributed by atoms with Gasteiger partial charge in [0.05, 0.1) is 10.7 Å². The molecule has 2 N–H and O–H groups in total. The molecular weight excluding hydrogens is 216 g/mol. The molecule has 0 unspecified atom stereocenters. The van der Waals surface area contributed by atoms with Crippen LogP contribution in [0.4, 0.5) is 0 Å². The number of hydrogen-bond acceptors (Lipinski definition) is 3. The van der Waals surface area contributed by atoms with Crippen molar-refractivity contribution in [1.82, 2.24) is 4.98 Å². The van der Waals surface area contributed by atoms with E-state index >= 15 is 0 Å². The molecule has 0 aliphatic rings. The van der Waals surface area contributed by atoms with Crippen LogP contribution in [0.25, 0.3) is 0 Å². The average Bonchev–Trinajstić information content (AvgIpc) is 2.49. The van der Waals surface area contributed by atoms with Crippen LogP contribution in [0.15, 0.2) is 5.38 Å². The van der Waals surface area contributed by atoms with Crippen molar-refractivity contribution in [3.05, 3.63) is 16.1 Å². The minimum atomic E-state index is -0.0436. The van der Waals surface area contributed by atoms with E-state index in [4.69, 9.17) is 5.73 Å². The van der Waals surface area contributed by atoms with Gasteiger partial charge in [0.25, 0.3) is 0 Å². The molecule has 0 aliphatic carbocycles. The molecule has 1 aromatic rings. The van der Waals surface area contributed by atoms with Gasteiger partial charge in [-0.05, 0) is 45.4 Å². The molecule has 0 aliphatic heterocycles. The van der Waals surface area contributed by atoms with E-state index < -0.39 is 0 Å². The second kappa shape index (κ2) is 5.78. The highest BCUT2D eigenvalue weighted by atomic mass is 32.1. The maximum absolute atomic E-state index is 5.95. The first kappa shape index (κ1) is 13.7. The standard InChI is InChI=1S/C13H24N2S/c1-10(2)8-11-9-16-12(15-11)6-5-7-13(3,4)14/h9-10H,5-8,14H2,1-4H3. The van der Waals surface area contributed by atoms with Crippen molar-refractivity contribution in [2.45, 2.75) is 58.9 Å². The second-order valence-electron chi connectivity index (χ2n) is 5.67. The summed E-state index contributed by atoms with van der Waals surface area (Å²) < 4.78 is 0. The zero-order chi connectivity index (χ0) is 12.2. The van der Waals surface area contributed by atoms with Gasteiger partial charge in [-0.15, -0.1) is 11.3 Å². The highest BCUT2D eigenvalue weighted by Crippen LogP contribution is 2.17. The smallest absolute Gasteiger partial charge is 0.0928 e. The minimum absolute atomic E-state index is 0.0436. The van der Waals surface area contributed by atoms with Crippen LogP contribution in [-0.2, 0) is 12.8 Å². The predicted molar refractivity (Wildman–Crippen MR) is 71.9 cm³/mol. The zero-order valence-electron chi connectivity index (χ0n) is 10.9. The van der Waals surface area contributed by atoms with E-state index in [1.165, 1.54) is 10.7 Å². The Morgan fingerprint density at radius 2 is 2.12 bits per heavy atom. The summed E-state index contributed by atoms with van der Waals surface area (Å²) in [7, 11) is 0. The van der Waals surface area contributed by atoms with E-state index in [0.29, 0.717) is 5.92 Å². The Hall–Kier alpha value is -0.410. The summed E-state index contributed by atoms with van der Waals surface area (Å²) in [6.45, 7) is 8.63. The third-order valence-corrected chi connectivity index (χ3v) is 3.39. The number of rotatable bonds is 6. The third-order valence-electron chi connectivity index (χ3n) is 2.43. The van der Waals surface area contributed by atoms with Crippen molar-refractivity contribution in [3.63, 3.8) is 0 Å². The highest BCUT2D eigenvalue weighted by Gasteiger charge is 2.11. The second-order valence-corrected chi connectivity index (χ2v) is 6.62. The van der Waals surface area contributed by atoms with Crippen molar-refractivity contribution >= 4 is 11.3 Å². The molecule has 92 valence electrons. The Kier molecular flexibility index (Phi) is 4.93. The summed E-state index contributed by atoms with van der Waals surface area (Å²) in [6.07, 6.45) is 4.37. The van der Waals surface area contributed by atoms with E-state index in [-0.39, 0.29) is 5.54 Å². The molecule has 0 atom stereocenters. The van der Waals surface area contributed by atoms with E-state index in [1.807, 2.05) is 0 Å². The summed E-state index contributed by atoms with van der Waals surface area (Å²) in [5, 5.41) is 3.46. The Bertz CT molecular complexity index is 310. The molecule has 0 spiro atoms. The Labute approximate surface area is 103 Å². The lowest BCUT2D eigenvalue weighted by molar-refractivity contribution is 0.459. The largest absolute Gasteiger partial charge is 0.326 e. The quantitative estimate of drug-likeness (QED) is 0.827. The molecule has 16 heavy (non-hydrogen) atoms. The van der Waals surface area contributed by atoms with Gasteiger partial charge in [-0.25, -0.2) is 4.98 Å². The topological polar surface area (TPSA) is 38.9 Å². The molecule has 1 aromatic heterocycles. The fourth-order valence-electron chi connectivity index (χ4n) is 1.67. The average molecular weight is 240 g/mol. The summed E-state index contributed by atoms with van der Waals surface area (Å²) in [6, 6.07) is 0. The van der Waals surface area contributed by atoms with Gasteiger partial charge >= 0.3 is 0 Å². The number of aromatic nitrogens is 1. The normalized spacial score (nSPS) is 12.4. The highest BCUT2D eigenvalue weighted by molar-refractivity contribution is 7.09. The van der Waals surface area contributed by atoms with Crippen LogP contribution in [0, 0.1) is 5.92 Å². The molecule has 0 aromatic carbocycles. The fourth-order valence-corrected chi connectivity index (χ4v) is 2.52. The van der Waals surface area contributed by atoms with Crippen molar-refractivity contribution in [1.29, 1.82) is 0 Å². The van der Waals surface area contributed by atoms with Crippen LogP contribution in [0.2, 0.25) is 0 Å². The molecule has 0 saturated heterocycles. The van der Waals surface area contributed by atoms with Crippen molar-refractivity contribution in [2.24, 2.45) is 11.7 Å². The molecule has 3 heteroatoms. The molecule has 0 amide bonds. The number of thiazole rings is 1. The molecule has 0 saturated carbocycles. The maximum Gasteiger partial charge on any atom is 0.0928 e. The SMILES string of the molecule is CC(C)Cc1csc(CCCC(C)(C)N)n1. The Morgan fingerprint density at radius 1 is 1.44 bits per heavy atom. The first-order valence-electron chi connectivity index (χ1n) is 6.09. The monoisotopic (exact) mass is 240 g/mol. The van der Waals surface area contributed by atoms with Crippen LogP contribution in [-0.4, -0.2) is 10.5 Å². The van der Waals surface area contributed by atoms with Gasteiger partial charge in [0, 0.05) is 10.9 Å². The molecule has 0 radical (unpaired) electrons. The van der Waals surface area contributed by atoms with Crippen molar-refractivity contribution in [3.8, 4) is 0 Å². The lowest BCUT2D eigenvalue weighted by atomic mass is 9.99. The van der Waals surface area contributed by atoms with Crippen LogP contribution >= 0.6 is 11.3 Å². The molecule has 1 heterocycles. The fraction of sp³-hybridized carbons (Fsp3) is 0.769. The zero-order valence-corrected chi connectivity index (χ0v) is 11.7. The summed E-state index contributed by atoms with van der Waals surface area (Å²) in [5.74, 6) is 0.693. The maximum atomic E-state index is 5.95. The van der Waals surface area contributed by atoms with Gasteiger partial charge in [0.15, 0.2) is 0 Å². The summed E-state index contributed by atoms with van der Waals surface area (Å²) in [5.41, 5.74) is 7.16. The lowest BCUT2D eigenvalue weighted by Crippen LogP contribution is -2.31. The first-order valence-corrected chi connectivity index (χ1v) is 6.97. The number of aryl methyl sites for hydroxylation is 1. The van der Waals surface area contributed by atoms with E-state index in [1.54, 1.807) is 11.3 Å². The van der Waals surface area contributed by atoms with Crippen molar-refractivity contribution < 1.29 is 0 Å². The van der Waals surface area contributed by atoms with Crippen LogP contribution in [0.5, 0.6) is 0 Å². The summed E-state index contributed by atoms with van der Waals surface area (Å²) >= 11 is 1.79. The van der Waals surface area contributed by atoms with Crippen LogP contribution in [0.1, 0.15) is 51.2 Å². The molecule has 2 nitrogen and oxygen atoms in total. The van der Waals surface area contributed by atoms with Crippen molar-refractivity contribution in [2.75, 3.05) is 0 Å². The van der Waals surface area contributed by atoms with Crippen LogP contribution < -0.4 is 5.73 Å². The molecule has 0 bridgehead atoms. The van der Waals surface area contributed by atoms with E-state index in [2.05, 4.69) is 38.1 Å². The molecule has 0 fully saturated rings. The van der Waals surface area contributed by atoms with Gasteiger partial charge in [-0.1, -0.05) is 13.8 Å². The number of hydrogen-bond donors (Lipinski definition) is 1. The molecular formula is C13H24N2S. The Balaban J connectivity index is 2.35. The predicted octanol–water partition coefficient (Wildman–Crippen LogP) is 3.40. The van der Waals surface area contributed by atoms with Crippen LogP contribution in [0.3, 0.4) is 0 Å². The van der Waals surface area contributed by atoms with Gasteiger partial charge in [-0.2, -0.15) is 0 Å². The Morgan fingerprint density at radius 3 is 2.69 bits per heavy atom. The third kappa shape index (κ3) is 5.61. The minimum Gasteiger partial charge on any atom is -0.326 e. The van der Waals surface area contributed by atoms with Gasteiger partial charge in [0.1, 0.15) is 0 Å². The number of nitrogens with zero attached hydrogens (tertiary/aromatic N) is 1. The molecule has 1 rings (SSSR count).